The van der Waals surface area contributed by atoms with Gasteiger partial charge in [-0.05, 0) is 59.7 Å². The number of primary amides is 2. The quantitative estimate of drug-likeness (QED) is 0.147. The van der Waals surface area contributed by atoms with Crippen LogP contribution in [-0.2, 0) is 19.3 Å². The summed E-state index contributed by atoms with van der Waals surface area (Å²) in [5.74, 6) is -2.15. The minimum atomic E-state index is -4.76. The van der Waals surface area contributed by atoms with E-state index < -0.39 is 48.6 Å². The first-order valence-electron chi connectivity index (χ1n) is 17.0. The second-order valence-electron chi connectivity index (χ2n) is 12.1. The summed E-state index contributed by atoms with van der Waals surface area (Å²) in [5, 5.41) is 12.2. The standard InChI is InChI=1S/2C18H15F3N4O5/c2*19-18(20,21)29-11-3-1-10(2-4-11)14-7-16(25-30-14)28-12-5-6-13(23-8-12)17(27)24-9-15(22)26/h2*1-6,8,14H,7,9H2,(H2,22,26)(H,24,27)/t2*14-/m10/s1. The van der Waals surface area contributed by atoms with Crippen LogP contribution in [0.25, 0.3) is 0 Å². The Morgan fingerprint density at radius 2 is 0.933 bits per heavy atom. The van der Waals surface area contributed by atoms with E-state index in [1.807, 2.05) is 0 Å². The van der Waals surface area contributed by atoms with E-state index in [2.05, 4.69) is 40.4 Å². The molecule has 0 saturated heterocycles. The number of alkyl halides is 6. The number of rotatable bonds is 12. The Balaban J connectivity index is 0.000000228. The van der Waals surface area contributed by atoms with Gasteiger partial charge >= 0.3 is 12.7 Å². The minimum absolute atomic E-state index is 0.0623. The molecule has 4 aromatic rings. The molecule has 18 nitrogen and oxygen atoms in total. The number of hydrogen-bond donors (Lipinski definition) is 4. The lowest BCUT2D eigenvalue weighted by atomic mass is 10.1. The molecule has 0 spiro atoms. The van der Waals surface area contributed by atoms with Crippen molar-refractivity contribution in [3.63, 3.8) is 0 Å². The molecule has 0 bridgehead atoms. The molecule has 0 aliphatic carbocycles. The molecule has 24 heteroatoms. The van der Waals surface area contributed by atoms with Crippen LogP contribution in [0.15, 0.2) is 95.5 Å². The van der Waals surface area contributed by atoms with Gasteiger partial charge in [-0.15, -0.1) is 26.3 Å². The number of halogens is 6. The lowest BCUT2D eigenvalue weighted by Gasteiger charge is -2.11. The highest BCUT2D eigenvalue weighted by Gasteiger charge is 2.33. The third-order valence-electron chi connectivity index (χ3n) is 7.51. The number of amides is 4. The number of hydrogen-bond acceptors (Lipinski definition) is 14. The molecule has 2 aliphatic heterocycles. The number of carbonyl (C=O) groups is 4. The minimum Gasteiger partial charge on any atom is -0.438 e. The molecule has 2 atom stereocenters. The molecular weight excluding hydrogens is 818 g/mol. The normalized spacial score (nSPS) is 15.7. The average Bonchev–Trinajstić information content (AvgIpc) is 3.86. The van der Waals surface area contributed by atoms with Crippen LogP contribution < -0.4 is 41.0 Å². The SMILES string of the molecule is NC(=O)CNC(=O)c1ccc(OC2=NO[C@@H](c3ccc(OC(F)(F)F)cc3)C2)cn1.NC(=O)CNC(=O)c1ccc(OC2=NO[C@H](c3ccc(OC(F)(F)F)cc3)C2)cn1. The summed E-state index contributed by atoms with van der Waals surface area (Å²) < 4.78 is 92.0. The predicted octanol–water partition coefficient (Wildman–Crippen LogP) is 4.10. The van der Waals surface area contributed by atoms with Crippen LogP contribution >= 0.6 is 0 Å². The first-order valence-corrected chi connectivity index (χ1v) is 17.0. The van der Waals surface area contributed by atoms with Crippen LogP contribution in [0, 0.1) is 0 Å². The number of nitrogens with two attached hydrogens (primary N) is 2. The zero-order valence-electron chi connectivity index (χ0n) is 30.4. The topological polar surface area (TPSA) is 250 Å². The molecule has 0 unspecified atom stereocenters. The number of benzene rings is 2. The van der Waals surface area contributed by atoms with Crippen molar-refractivity contribution in [2.24, 2.45) is 21.8 Å². The maximum atomic E-state index is 12.2. The van der Waals surface area contributed by atoms with Crippen LogP contribution in [0.3, 0.4) is 0 Å². The van der Waals surface area contributed by atoms with Crippen molar-refractivity contribution < 1.29 is 74.1 Å². The van der Waals surface area contributed by atoms with Gasteiger partial charge < -0.3 is 50.7 Å². The molecule has 2 aromatic carbocycles. The predicted molar refractivity (Wildman–Crippen MR) is 191 cm³/mol. The Bertz CT molecular complexity index is 2050. The second-order valence-corrected chi connectivity index (χ2v) is 12.1. The maximum absolute atomic E-state index is 12.2. The summed E-state index contributed by atoms with van der Waals surface area (Å²) in [6, 6.07) is 16.2. The lowest BCUT2D eigenvalue weighted by molar-refractivity contribution is -0.275. The number of aromatic nitrogens is 2. The second kappa shape index (κ2) is 19.2. The van der Waals surface area contributed by atoms with Gasteiger partial charge in [0, 0.05) is 0 Å². The Morgan fingerprint density at radius 3 is 1.23 bits per heavy atom. The molecule has 2 aromatic heterocycles. The van der Waals surface area contributed by atoms with E-state index in [9.17, 15) is 45.5 Å². The first kappa shape index (κ1) is 43.5. The summed E-state index contributed by atoms with van der Waals surface area (Å²) in [5.41, 5.74) is 11.2. The van der Waals surface area contributed by atoms with Crippen molar-refractivity contribution in [2.45, 2.75) is 37.8 Å². The Morgan fingerprint density at radius 1 is 0.583 bits per heavy atom. The van der Waals surface area contributed by atoms with Crippen molar-refractivity contribution >= 4 is 35.4 Å². The number of pyridine rings is 2. The Hall–Kier alpha value is -7.66. The molecule has 60 heavy (non-hydrogen) atoms. The molecule has 0 fully saturated rings. The molecule has 316 valence electrons. The van der Waals surface area contributed by atoms with Gasteiger partial charge in [-0.25, -0.2) is 9.97 Å². The van der Waals surface area contributed by atoms with E-state index in [1.165, 1.54) is 85.2 Å². The summed E-state index contributed by atoms with van der Waals surface area (Å²) in [6.45, 7) is -0.616. The van der Waals surface area contributed by atoms with Crippen LogP contribution in [-0.4, -0.2) is 71.2 Å². The maximum Gasteiger partial charge on any atom is 0.573 e. The van der Waals surface area contributed by atoms with Crippen molar-refractivity contribution in [1.29, 1.82) is 0 Å². The zero-order chi connectivity index (χ0) is 43.5. The molecule has 2 aliphatic rings. The fourth-order valence-electron chi connectivity index (χ4n) is 4.90. The molecule has 0 radical (unpaired) electrons. The Kier molecular flexibility index (Phi) is 13.9. The van der Waals surface area contributed by atoms with Crippen molar-refractivity contribution in [1.82, 2.24) is 20.6 Å². The fraction of sp³-hybridized carbons (Fsp3) is 0.222. The molecule has 6 N–H and O–H groups in total. The smallest absolute Gasteiger partial charge is 0.438 e. The number of nitrogens with zero attached hydrogens (tertiary/aromatic N) is 4. The average molecular weight is 849 g/mol. The van der Waals surface area contributed by atoms with Gasteiger partial charge in [-0.1, -0.05) is 34.6 Å². The molecular formula is C36H30F6N8O10. The number of oxime groups is 2. The highest BCUT2D eigenvalue weighted by atomic mass is 19.4. The van der Waals surface area contributed by atoms with Crippen molar-refractivity contribution in [3.05, 3.63) is 108 Å². The van der Waals surface area contributed by atoms with E-state index in [1.54, 1.807) is 0 Å². The highest BCUT2D eigenvalue weighted by Crippen LogP contribution is 2.32. The third kappa shape index (κ3) is 13.8. The van der Waals surface area contributed by atoms with Crippen molar-refractivity contribution in [2.75, 3.05) is 13.1 Å². The molecule has 6 rings (SSSR count). The van der Waals surface area contributed by atoms with Gasteiger partial charge in [0.25, 0.3) is 11.8 Å². The van der Waals surface area contributed by atoms with Gasteiger partial charge in [0.1, 0.15) is 34.4 Å². The van der Waals surface area contributed by atoms with Gasteiger partial charge in [0.05, 0.1) is 38.3 Å². The van der Waals surface area contributed by atoms with E-state index in [0.29, 0.717) is 22.6 Å². The van der Waals surface area contributed by atoms with Crippen LogP contribution in [0.1, 0.15) is 57.2 Å². The van der Waals surface area contributed by atoms with Crippen LogP contribution in [0.5, 0.6) is 23.0 Å². The van der Waals surface area contributed by atoms with Crippen LogP contribution in [0.2, 0.25) is 0 Å². The number of ether oxygens (including phenoxy) is 4. The van der Waals surface area contributed by atoms with Gasteiger partial charge in [0.2, 0.25) is 23.6 Å². The fourth-order valence-corrected chi connectivity index (χ4v) is 4.90. The van der Waals surface area contributed by atoms with E-state index >= 15 is 0 Å². The summed E-state index contributed by atoms with van der Waals surface area (Å²) >= 11 is 0. The van der Waals surface area contributed by atoms with Crippen molar-refractivity contribution in [3.8, 4) is 23.0 Å². The Labute approximate surface area is 333 Å². The summed E-state index contributed by atoms with van der Waals surface area (Å²) in [7, 11) is 0. The monoisotopic (exact) mass is 848 g/mol. The summed E-state index contributed by atoms with van der Waals surface area (Å²) in [6.07, 6.45) is -7.54. The first-order chi connectivity index (χ1) is 28.4. The number of nitrogens with one attached hydrogen (secondary N) is 2. The third-order valence-corrected chi connectivity index (χ3v) is 7.51. The van der Waals surface area contributed by atoms with E-state index in [-0.39, 0.29) is 60.6 Å². The van der Waals surface area contributed by atoms with Gasteiger partial charge in [-0.2, -0.15) is 0 Å². The zero-order valence-corrected chi connectivity index (χ0v) is 30.4. The molecule has 4 amide bonds. The molecule has 4 heterocycles. The molecule has 0 saturated carbocycles. The largest absolute Gasteiger partial charge is 0.573 e. The van der Waals surface area contributed by atoms with Gasteiger partial charge in [0.15, 0.2) is 12.2 Å². The van der Waals surface area contributed by atoms with Crippen LogP contribution in [0.4, 0.5) is 26.3 Å². The van der Waals surface area contributed by atoms with E-state index in [4.69, 9.17) is 30.6 Å². The van der Waals surface area contributed by atoms with Gasteiger partial charge in [-0.3, -0.25) is 19.2 Å². The lowest BCUT2D eigenvalue weighted by Crippen LogP contribution is -2.33. The summed E-state index contributed by atoms with van der Waals surface area (Å²) in [4.78, 5) is 63.2. The number of carbonyl (C=O) groups excluding carboxylic acids is 4. The highest BCUT2D eigenvalue weighted by molar-refractivity contribution is 5.95. The van der Waals surface area contributed by atoms with E-state index in [0.717, 1.165) is 0 Å².